The Labute approximate surface area is 130 Å². The second-order valence-corrected chi connectivity index (χ2v) is 6.30. The number of H-pyrrole nitrogens is 1. The molecule has 6 nitrogen and oxygen atoms in total. The Balaban J connectivity index is 1.70. The van der Waals surface area contributed by atoms with E-state index in [1.165, 1.54) is 32.1 Å². The van der Waals surface area contributed by atoms with Gasteiger partial charge in [0, 0.05) is 25.2 Å². The average molecular weight is 301 g/mol. The SMILES string of the molecule is Nc1nc(C2CCCCC2)nc2[nH]cc(N3CCOCC3)c12. The van der Waals surface area contributed by atoms with E-state index in [1.807, 2.05) is 6.20 Å². The third kappa shape index (κ3) is 2.41. The number of fused-ring (bicyclic) bond motifs is 1. The summed E-state index contributed by atoms with van der Waals surface area (Å²) in [5, 5.41) is 0.960. The van der Waals surface area contributed by atoms with Gasteiger partial charge in [0.2, 0.25) is 0 Å². The fourth-order valence-corrected chi connectivity index (χ4v) is 3.66. The van der Waals surface area contributed by atoms with Crippen LogP contribution in [0.25, 0.3) is 11.0 Å². The van der Waals surface area contributed by atoms with Crippen LogP contribution < -0.4 is 10.6 Å². The minimum Gasteiger partial charge on any atom is -0.383 e. The smallest absolute Gasteiger partial charge is 0.145 e. The minimum atomic E-state index is 0.468. The molecule has 2 aromatic heterocycles. The summed E-state index contributed by atoms with van der Waals surface area (Å²) in [4.78, 5) is 15.0. The Morgan fingerprint density at radius 2 is 1.91 bits per heavy atom. The summed E-state index contributed by atoms with van der Waals surface area (Å²) in [6.07, 6.45) is 8.25. The van der Waals surface area contributed by atoms with Gasteiger partial charge in [-0.2, -0.15) is 0 Å². The van der Waals surface area contributed by atoms with Crippen molar-refractivity contribution < 1.29 is 4.74 Å². The molecular formula is C16H23N5O. The Hall–Kier alpha value is -1.82. The van der Waals surface area contributed by atoms with Gasteiger partial charge < -0.3 is 20.4 Å². The van der Waals surface area contributed by atoms with Crippen molar-refractivity contribution >= 4 is 22.5 Å². The number of hydrogen-bond acceptors (Lipinski definition) is 5. The monoisotopic (exact) mass is 301 g/mol. The lowest BCUT2D eigenvalue weighted by Crippen LogP contribution is -2.36. The Bertz CT molecular complexity index is 656. The third-order valence-electron chi connectivity index (χ3n) is 4.88. The molecular weight excluding hydrogens is 278 g/mol. The van der Waals surface area contributed by atoms with Crippen molar-refractivity contribution in [3.8, 4) is 0 Å². The van der Waals surface area contributed by atoms with Gasteiger partial charge in [0.1, 0.15) is 17.3 Å². The molecule has 1 saturated heterocycles. The number of anilines is 2. The maximum Gasteiger partial charge on any atom is 0.145 e. The predicted molar refractivity (Wildman–Crippen MR) is 87.2 cm³/mol. The summed E-state index contributed by atoms with van der Waals surface area (Å²) in [7, 11) is 0. The van der Waals surface area contributed by atoms with Crippen molar-refractivity contribution in [3.05, 3.63) is 12.0 Å². The van der Waals surface area contributed by atoms with Crippen LogP contribution in [0.2, 0.25) is 0 Å². The van der Waals surface area contributed by atoms with Gasteiger partial charge in [-0.05, 0) is 12.8 Å². The molecule has 3 heterocycles. The second kappa shape index (κ2) is 5.76. The van der Waals surface area contributed by atoms with Gasteiger partial charge in [0.25, 0.3) is 0 Å². The molecule has 0 aromatic carbocycles. The highest BCUT2D eigenvalue weighted by atomic mass is 16.5. The number of morpholine rings is 1. The van der Waals surface area contributed by atoms with Gasteiger partial charge in [-0.25, -0.2) is 9.97 Å². The number of rotatable bonds is 2. The minimum absolute atomic E-state index is 0.468. The summed E-state index contributed by atoms with van der Waals surface area (Å²) in [5.41, 5.74) is 8.26. The van der Waals surface area contributed by atoms with Crippen molar-refractivity contribution in [2.24, 2.45) is 0 Å². The highest BCUT2D eigenvalue weighted by molar-refractivity contribution is 5.98. The summed E-state index contributed by atoms with van der Waals surface area (Å²) in [5.74, 6) is 1.99. The summed E-state index contributed by atoms with van der Waals surface area (Å²) >= 11 is 0. The molecule has 118 valence electrons. The van der Waals surface area contributed by atoms with E-state index < -0.39 is 0 Å². The van der Waals surface area contributed by atoms with Crippen molar-refractivity contribution in [1.82, 2.24) is 15.0 Å². The van der Waals surface area contributed by atoms with Crippen LogP contribution in [0.5, 0.6) is 0 Å². The Morgan fingerprint density at radius 3 is 2.68 bits per heavy atom. The summed E-state index contributed by atoms with van der Waals surface area (Å²) in [6.45, 7) is 3.29. The number of hydrogen-bond donors (Lipinski definition) is 2. The Morgan fingerprint density at radius 1 is 1.14 bits per heavy atom. The van der Waals surface area contributed by atoms with Crippen molar-refractivity contribution in [3.63, 3.8) is 0 Å². The first-order valence-electron chi connectivity index (χ1n) is 8.30. The molecule has 2 aliphatic rings. The molecule has 0 radical (unpaired) electrons. The highest BCUT2D eigenvalue weighted by Gasteiger charge is 2.22. The van der Waals surface area contributed by atoms with E-state index in [0.29, 0.717) is 11.7 Å². The summed E-state index contributed by atoms with van der Waals surface area (Å²) in [6, 6.07) is 0. The zero-order chi connectivity index (χ0) is 14.9. The van der Waals surface area contributed by atoms with E-state index in [1.54, 1.807) is 0 Å². The standard InChI is InChI=1S/C16H23N5O/c17-14-13-12(21-6-8-22-9-7-21)10-18-16(13)20-15(19-14)11-4-2-1-3-5-11/h10-11H,1-9H2,(H3,17,18,19,20). The number of nitrogens with one attached hydrogen (secondary N) is 1. The number of ether oxygens (including phenoxy) is 1. The summed E-state index contributed by atoms with van der Waals surface area (Å²) < 4.78 is 5.42. The number of aromatic nitrogens is 3. The topological polar surface area (TPSA) is 80.1 Å². The lowest BCUT2D eigenvalue weighted by atomic mass is 9.88. The van der Waals surface area contributed by atoms with Gasteiger partial charge in [0.05, 0.1) is 24.3 Å². The molecule has 1 aliphatic heterocycles. The molecule has 6 heteroatoms. The molecule has 0 unspecified atom stereocenters. The maximum atomic E-state index is 6.29. The van der Waals surface area contributed by atoms with Crippen LogP contribution in [0.4, 0.5) is 11.5 Å². The molecule has 0 amide bonds. The third-order valence-corrected chi connectivity index (χ3v) is 4.88. The van der Waals surface area contributed by atoms with Crippen molar-refractivity contribution in [1.29, 1.82) is 0 Å². The fourth-order valence-electron chi connectivity index (χ4n) is 3.66. The molecule has 2 aromatic rings. The first kappa shape index (κ1) is 13.8. The number of aromatic amines is 1. The van der Waals surface area contributed by atoms with Crippen LogP contribution in [0, 0.1) is 0 Å². The molecule has 4 rings (SSSR count). The van der Waals surface area contributed by atoms with E-state index >= 15 is 0 Å². The lowest BCUT2D eigenvalue weighted by Gasteiger charge is -2.28. The molecule has 3 N–H and O–H groups in total. The molecule has 0 bridgehead atoms. The van der Waals surface area contributed by atoms with E-state index in [4.69, 9.17) is 15.5 Å². The molecule has 2 fully saturated rings. The number of nitrogen functional groups attached to an aromatic ring is 1. The highest BCUT2D eigenvalue weighted by Crippen LogP contribution is 2.35. The zero-order valence-electron chi connectivity index (χ0n) is 12.8. The van der Waals surface area contributed by atoms with Gasteiger partial charge in [-0.1, -0.05) is 19.3 Å². The van der Waals surface area contributed by atoms with Gasteiger partial charge in [0.15, 0.2) is 0 Å². The largest absolute Gasteiger partial charge is 0.383 e. The van der Waals surface area contributed by atoms with Crippen molar-refractivity contribution in [2.75, 3.05) is 36.9 Å². The predicted octanol–water partition coefficient (Wildman–Crippen LogP) is 2.42. The lowest BCUT2D eigenvalue weighted by molar-refractivity contribution is 0.123. The quantitative estimate of drug-likeness (QED) is 0.890. The van der Waals surface area contributed by atoms with E-state index in [9.17, 15) is 0 Å². The van der Waals surface area contributed by atoms with E-state index in [0.717, 1.165) is 48.8 Å². The van der Waals surface area contributed by atoms with Gasteiger partial charge in [-0.3, -0.25) is 0 Å². The molecule has 0 atom stereocenters. The van der Waals surface area contributed by atoms with Crippen LogP contribution in [0.15, 0.2) is 6.20 Å². The van der Waals surface area contributed by atoms with Crippen LogP contribution >= 0.6 is 0 Å². The van der Waals surface area contributed by atoms with Crippen LogP contribution in [0.3, 0.4) is 0 Å². The van der Waals surface area contributed by atoms with Gasteiger partial charge in [-0.15, -0.1) is 0 Å². The molecule has 0 spiro atoms. The van der Waals surface area contributed by atoms with Crippen LogP contribution in [0.1, 0.15) is 43.8 Å². The normalized spacial score (nSPS) is 20.6. The maximum absolute atomic E-state index is 6.29. The molecule has 1 saturated carbocycles. The van der Waals surface area contributed by atoms with Crippen LogP contribution in [-0.2, 0) is 4.74 Å². The second-order valence-electron chi connectivity index (χ2n) is 6.30. The van der Waals surface area contributed by atoms with Gasteiger partial charge >= 0.3 is 0 Å². The Kier molecular flexibility index (Phi) is 3.62. The average Bonchev–Trinajstić information content (AvgIpc) is 3.01. The van der Waals surface area contributed by atoms with Crippen LogP contribution in [-0.4, -0.2) is 41.3 Å². The number of nitrogens with two attached hydrogens (primary N) is 1. The first-order valence-corrected chi connectivity index (χ1v) is 8.30. The number of nitrogens with zero attached hydrogens (tertiary/aromatic N) is 3. The zero-order valence-corrected chi connectivity index (χ0v) is 12.8. The molecule has 1 aliphatic carbocycles. The van der Waals surface area contributed by atoms with Crippen molar-refractivity contribution in [2.45, 2.75) is 38.0 Å². The fraction of sp³-hybridized carbons (Fsp3) is 0.625. The van der Waals surface area contributed by atoms with E-state index in [2.05, 4.69) is 14.9 Å². The molecule has 22 heavy (non-hydrogen) atoms. The van der Waals surface area contributed by atoms with E-state index in [-0.39, 0.29) is 0 Å². The first-order chi connectivity index (χ1) is 10.8.